The molecule has 2 rings (SSSR count). The van der Waals surface area contributed by atoms with Gasteiger partial charge in [-0.05, 0) is 35.4 Å². The minimum absolute atomic E-state index is 0.0655. The number of halogens is 2. The van der Waals surface area contributed by atoms with Crippen molar-refractivity contribution in [3.05, 3.63) is 65.2 Å². The van der Waals surface area contributed by atoms with Crippen LogP contribution in [0.1, 0.15) is 11.1 Å². The van der Waals surface area contributed by atoms with Gasteiger partial charge in [0, 0.05) is 6.42 Å². The summed E-state index contributed by atoms with van der Waals surface area (Å²) < 4.78 is 31.1. The maximum Gasteiger partial charge on any atom is 0.326 e. The molecule has 1 amide bonds. The Balaban J connectivity index is 2.03. The van der Waals surface area contributed by atoms with Gasteiger partial charge in [-0.25, -0.2) is 13.6 Å². The van der Waals surface area contributed by atoms with E-state index in [9.17, 15) is 23.5 Å². The molecule has 0 fully saturated rings. The molecule has 0 unspecified atom stereocenters. The highest BCUT2D eigenvalue weighted by atomic mass is 19.2. The number of hydrogen-bond acceptors (Lipinski definition) is 3. The van der Waals surface area contributed by atoms with Crippen LogP contribution in [0, 0.1) is 11.6 Å². The summed E-state index contributed by atoms with van der Waals surface area (Å²) in [6.45, 7) is 0. The normalized spacial score (nSPS) is 11.6. The molecule has 2 N–H and O–H groups in total. The van der Waals surface area contributed by atoms with Gasteiger partial charge in [0.25, 0.3) is 0 Å². The molecule has 0 aromatic heterocycles. The maximum absolute atomic E-state index is 13.2. The number of carbonyl (C=O) groups is 2. The quantitative estimate of drug-likeness (QED) is 0.804. The standard InChI is InChI=1S/C18H17F2NO4/c1-25-13-4-2-3-11(7-13)9-16(18(23)24)21-17(22)10-12-5-6-14(19)15(20)8-12/h2-8,16H,9-10H2,1H3,(H,21,22)(H,23,24)/t16-/m0/s1. The number of hydrogen-bond donors (Lipinski definition) is 2. The van der Waals surface area contributed by atoms with E-state index in [1.807, 2.05) is 0 Å². The number of amides is 1. The molecule has 5 nitrogen and oxygen atoms in total. The fourth-order valence-electron chi connectivity index (χ4n) is 2.32. The van der Waals surface area contributed by atoms with E-state index in [0.29, 0.717) is 11.3 Å². The van der Waals surface area contributed by atoms with Gasteiger partial charge in [0.15, 0.2) is 11.6 Å². The molecule has 1 atom stereocenters. The Bertz CT molecular complexity index is 779. The number of benzene rings is 2. The average Bonchev–Trinajstić information content (AvgIpc) is 2.57. The van der Waals surface area contributed by atoms with Crippen LogP contribution >= 0.6 is 0 Å². The summed E-state index contributed by atoms with van der Waals surface area (Å²) >= 11 is 0. The second-order valence-corrected chi connectivity index (χ2v) is 5.44. The molecule has 0 heterocycles. The lowest BCUT2D eigenvalue weighted by Gasteiger charge is -2.15. The van der Waals surface area contributed by atoms with Crippen molar-refractivity contribution in [2.45, 2.75) is 18.9 Å². The molecule has 0 aliphatic carbocycles. The lowest BCUT2D eigenvalue weighted by atomic mass is 10.0. The largest absolute Gasteiger partial charge is 0.497 e. The van der Waals surface area contributed by atoms with Crippen molar-refractivity contribution in [2.24, 2.45) is 0 Å². The number of nitrogens with one attached hydrogen (secondary N) is 1. The first-order valence-corrected chi connectivity index (χ1v) is 7.48. The number of carboxylic acid groups (broad SMARTS) is 1. The second kappa shape index (κ2) is 8.23. The van der Waals surface area contributed by atoms with Gasteiger partial charge in [-0.1, -0.05) is 18.2 Å². The van der Waals surface area contributed by atoms with Crippen LogP contribution in [0.15, 0.2) is 42.5 Å². The average molecular weight is 349 g/mol. The molecule has 132 valence electrons. The number of ether oxygens (including phenoxy) is 1. The highest BCUT2D eigenvalue weighted by Crippen LogP contribution is 2.14. The second-order valence-electron chi connectivity index (χ2n) is 5.44. The molecule has 0 spiro atoms. The van der Waals surface area contributed by atoms with E-state index in [2.05, 4.69) is 5.32 Å². The molecular formula is C18H17F2NO4. The van der Waals surface area contributed by atoms with Crippen LogP contribution in [0.5, 0.6) is 5.75 Å². The summed E-state index contributed by atoms with van der Waals surface area (Å²) in [5, 5.41) is 11.7. The van der Waals surface area contributed by atoms with E-state index in [4.69, 9.17) is 4.74 Å². The number of carboxylic acids is 1. The molecule has 2 aromatic rings. The van der Waals surface area contributed by atoms with Crippen LogP contribution in [0.4, 0.5) is 8.78 Å². The maximum atomic E-state index is 13.2. The molecule has 0 saturated heterocycles. The van der Waals surface area contributed by atoms with Gasteiger partial charge in [-0.15, -0.1) is 0 Å². The van der Waals surface area contributed by atoms with Crippen molar-refractivity contribution < 1.29 is 28.2 Å². The number of rotatable bonds is 7. The predicted octanol–water partition coefficient (Wildman–Crippen LogP) is 2.33. The fourth-order valence-corrected chi connectivity index (χ4v) is 2.32. The molecule has 0 saturated carbocycles. The van der Waals surface area contributed by atoms with Crippen molar-refractivity contribution in [1.29, 1.82) is 0 Å². The van der Waals surface area contributed by atoms with Gasteiger partial charge >= 0.3 is 5.97 Å². The lowest BCUT2D eigenvalue weighted by Crippen LogP contribution is -2.43. The minimum Gasteiger partial charge on any atom is -0.497 e. The SMILES string of the molecule is COc1cccc(C[C@H](NC(=O)Cc2ccc(F)c(F)c2)C(=O)O)c1. The zero-order chi connectivity index (χ0) is 18.4. The van der Waals surface area contributed by atoms with Gasteiger partial charge in [-0.2, -0.15) is 0 Å². The Kier molecular flexibility index (Phi) is 6.05. The van der Waals surface area contributed by atoms with Gasteiger partial charge < -0.3 is 15.2 Å². The topological polar surface area (TPSA) is 75.6 Å². The zero-order valence-electron chi connectivity index (χ0n) is 13.5. The Morgan fingerprint density at radius 3 is 2.52 bits per heavy atom. The van der Waals surface area contributed by atoms with Crippen molar-refractivity contribution >= 4 is 11.9 Å². The summed E-state index contributed by atoms with van der Waals surface area (Å²) in [6.07, 6.45) is -0.185. The number of carbonyl (C=O) groups excluding carboxylic acids is 1. The van der Waals surface area contributed by atoms with Crippen molar-refractivity contribution in [3.63, 3.8) is 0 Å². The third-order valence-corrected chi connectivity index (χ3v) is 3.56. The molecule has 0 aliphatic rings. The fraction of sp³-hybridized carbons (Fsp3) is 0.222. The first-order chi connectivity index (χ1) is 11.9. The number of methoxy groups -OCH3 is 1. The van der Waals surface area contributed by atoms with E-state index in [1.165, 1.54) is 13.2 Å². The minimum atomic E-state index is -1.19. The summed E-state index contributed by atoms with van der Waals surface area (Å²) in [5.41, 5.74) is 0.932. The predicted molar refractivity (Wildman–Crippen MR) is 86.3 cm³/mol. The van der Waals surface area contributed by atoms with Crippen LogP contribution in [-0.4, -0.2) is 30.1 Å². The van der Waals surface area contributed by atoms with Gasteiger partial charge in [0.1, 0.15) is 11.8 Å². The summed E-state index contributed by atoms with van der Waals surface area (Å²) in [7, 11) is 1.50. The summed E-state index contributed by atoms with van der Waals surface area (Å²) in [6, 6.07) is 8.80. The van der Waals surface area contributed by atoms with Gasteiger partial charge in [0.05, 0.1) is 13.5 Å². The molecule has 25 heavy (non-hydrogen) atoms. The van der Waals surface area contributed by atoms with Crippen LogP contribution in [0.2, 0.25) is 0 Å². The highest BCUT2D eigenvalue weighted by molar-refractivity contribution is 5.85. The van der Waals surface area contributed by atoms with E-state index >= 15 is 0 Å². The zero-order valence-corrected chi connectivity index (χ0v) is 13.5. The van der Waals surface area contributed by atoms with Crippen LogP contribution in [-0.2, 0) is 22.4 Å². The Morgan fingerprint density at radius 1 is 1.12 bits per heavy atom. The van der Waals surface area contributed by atoms with Gasteiger partial charge in [-0.3, -0.25) is 4.79 Å². The first kappa shape index (κ1) is 18.4. The van der Waals surface area contributed by atoms with Crippen molar-refractivity contribution in [3.8, 4) is 5.75 Å². The molecule has 2 aromatic carbocycles. The van der Waals surface area contributed by atoms with E-state index in [1.54, 1.807) is 24.3 Å². The third-order valence-electron chi connectivity index (χ3n) is 3.56. The Hall–Kier alpha value is -2.96. The van der Waals surface area contributed by atoms with E-state index in [0.717, 1.165) is 12.1 Å². The van der Waals surface area contributed by atoms with Crippen molar-refractivity contribution in [1.82, 2.24) is 5.32 Å². The van der Waals surface area contributed by atoms with Gasteiger partial charge in [0.2, 0.25) is 5.91 Å². The molecule has 0 aliphatic heterocycles. The smallest absolute Gasteiger partial charge is 0.326 e. The molecule has 0 radical (unpaired) electrons. The lowest BCUT2D eigenvalue weighted by molar-refractivity contribution is -0.141. The van der Waals surface area contributed by atoms with Crippen LogP contribution in [0.3, 0.4) is 0 Å². The summed E-state index contributed by atoms with van der Waals surface area (Å²) in [4.78, 5) is 23.4. The summed E-state index contributed by atoms with van der Waals surface area (Å²) in [5.74, 6) is -3.28. The third kappa shape index (κ3) is 5.27. The molecule has 0 bridgehead atoms. The Labute approximate surface area is 143 Å². The molecule has 7 heteroatoms. The van der Waals surface area contributed by atoms with E-state index < -0.39 is 29.6 Å². The first-order valence-electron chi connectivity index (χ1n) is 7.48. The molecular weight excluding hydrogens is 332 g/mol. The number of aliphatic carboxylic acids is 1. The van der Waals surface area contributed by atoms with E-state index in [-0.39, 0.29) is 18.4 Å². The Morgan fingerprint density at radius 2 is 1.88 bits per heavy atom. The highest BCUT2D eigenvalue weighted by Gasteiger charge is 2.21. The van der Waals surface area contributed by atoms with Crippen LogP contribution < -0.4 is 10.1 Å². The van der Waals surface area contributed by atoms with Crippen LogP contribution in [0.25, 0.3) is 0 Å². The monoisotopic (exact) mass is 349 g/mol. The van der Waals surface area contributed by atoms with Crippen molar-refractivity contribution in [2.75, 3.05) is 7.11 Å².